The van der Waals surface area contributed by atoms with E-state index in [1.807, 2.05) is 11.1 Å². The van der Waals surface area contributed by atoms with Crippen LogP contribution < -0.4 is 11.2 Å². The van der Waals surface area contributed by atoms with Gasteiger partial charge in [0.1, 0.15) is 5.03 Å². The van der Waals surface area contributed by atoms with E-state index in [1.54, 1.807) is 24.3 Å². The van der Waals surface area contributed by atoms with E-state index in [2.05, 4.69) is 0 Å². The lowest BCUT2D eigenvalue weighted by Crippen LogP contribution is -2.33. The lowest BCUT2D eigenvalue weighted by atomic mass is 10.1. The molecule has 0 aliphatic carbocycles. The molecule has 108 valence electrons. The Kier molecular flexibility index (Phi) is 3.78. The number of aromatic nitrogens is 2. The van der Waals surface area contributed by atoms with E-state index in [0.717, 1.165) is 16.9 Å². The van der Waals surface area contributed by atoms with Crippen LogP contribution in [0.2, 0.25) is 0 Å². The molecule has 0 aliphatic heterocycles. The fraction of sp³-hybridized carbons (Fsp3) is 0.154. The molecule has 2 rings (SSSR count). The number of rotatable bonds is 3. The van der Waals surface area contributed by atoms with Crippen molar-refractivity contribution >= 4 is 9.84 Å². The van der Waals surface area contributed by atoms with Crippen molar-refractivity contribution < 1.29 is 8.42 Å². The first-order chi connectivity index (χ1) is 9.82. The number of hydrogen-bond acceptors (Lipinski definition) is 5. The molecule has 0 unspecified atom stereocenters. The maximum atomic E-state index is 11.9. The molecular weight excluding hydrogens is 294 g/mol. The third kappa shape index (κ3) is 3.09. The Morgan fingerprint density at radius 3 is 2.57 bits per heavy atom. The molecule has 1 heterocycles. The first-order valence-electron chi connectivity index (χ1n) is 5.85. The molecule has 0 bridgehead atoms. The van der Waals surface area contributed by atoms with Crippen LogP contribution in [0.1, 0.15) is 11.1 Å². The minimum absolute atomic E-state index is 0.123. The molecule has 0 saturated carbocycles. The molecule has 0 saturated heterocycles. The van der Waals surface area contributed by atoms with E-state index in [9.17, 15) is 18.0 Å². The van der Waals surface area contributed by atoms with Crippen molar-refractivity contribution in [3.05, 3.63) is 62.3 Å². The van der Waals surface area contributed by atoms with E-state index in [0.29, 0.717) is 11.1 Å². The van der Waals surface area contributed by atoms with Gasteiger partial charge in [0.15, 0.2) is 9.84 Å². The molecule has 21 heavy (non-hydrogen) atoms. The van der Waals surface area contributed by atoms with Crippen LogP contribution in [0.3, 0.4) is 0 Å². The van der Waals surface area contributed by atoms with Gasteiger partial charge in [0.25, 0.3) is 5.56 Å². The van der Waals surface area contributed by atoms with Crippen LogP contribution >= 0.6 is 0 Å². The van der Waals surface area contributed by atoms with Crippen molar-refractivity contribution in [1.29, 1.82) is 5.26 Å². The highest BCUT2D eigenvalue weighted by atomic mass is 32.2. The minimum Gasteiger partial charge on any atom is -0.279 e. The van der Waals surface area contributed by atoms with Crippen LogP contribution in [0.5, 0.6) is 0 Å². The van der Waals surface area contributed by atoms with Crippen molar-refractivity contribution in [2.45, 2.75) is 11.6 Å². The van der Waals surface area contributed by atoms with E-state index in [4.69, 9.17) is 5.26 Å². The summed E-state index contributed by atoms with van der Waals surface area (Å²) in [5.74, 6) is 0. The van der Waals surface area contributed by atoms with Gasteiger partial charge >= 0.3 is 5.69 Å². The summed E-state index contributed by atoms with van der Waals surface area (Å²) in [6, 6.07) is 9.33. The second-order valence-corrected chi connectivity index (χ2v) is 6.37. The van der Waals surface area contributed by atoms with E-state index in [-0.39, 0.29) is 11.6 Å². The number of H-pyrrole nitrogens is 1. The number of nitrogens with zero attached hydrogens (tertiary/aromatic N) is 2. The Morgan fingerprint density at radius 1 is 1.29 bits per heavy atom. The third-order valence-corrected chi connectivity index (χ3v) is 3.94. The van der Waals surface area contributed by atoms with Crippen LogP contribution in [0.15, 0.2) is 44.9 Å². The minimum atomic E-state index is -3.76. The Bertz CT molecular complexity index is 948. The molecule has 1 aromatic heterocycles. The summed E-state index contributed by atoms with van der Waals surface area (Å²) in [5.41, 5.74) is -0.810. The number of nitrogens with one attached hydrogen (secondary N) is 1. The zero-order chi connectivity index (χ0) is 15.6. The normalized spacial score (nSPS) is 11.0. The fourth-order valence-corrected chi connectivity index (χ4v) is 2.76. The molecule has 7 nitrogen and oxygen atoms in total. The van der Waals surface area contributed by atoms with Gasteiger partial charge in [-0.1, -0.05) is 18.2 Å². The summed E-state index contributed by atoms with van der Waals surface area (Å²) in [4.78, 5) is 25.2. The molecule has 1 N–H and O–H groups in total. The molecular formula is C13H11N3O4S. The molecule has 0 aliphatic rings. The highest BCUT2D eigenvalue weighted by molar-refractivity contribution is 7.90. The number of hydrogen-bond donors (Lipinski definition) is 1. The summed E-state index contributed by atoms with van der Waals surface area (Å²) in [5, 5.41) is 8.64. The maximum Gasteiger partial charge on any atom is 0.329 e. The molecule has 1 aromatic carbocycles. The van der Waals surface area contributed by atoms with Gasteiger partial charge in [0, 0.05) is 12.3 Å². The first-order valence-corrected chi connectivity index (χ1v) is 7.74. The van der Waals surface area contributed by atoms with E-state index in [1.165, 1.54) is 0 Å². The van der Waals surface area contributed by atoms with Crippen LogP contribution in [0.4, 0.5) is 0 Å². The van der Waals surface area contributed by atoms with Crippen molar-refractivity contribution in [1.82, 2.24) is 9.55 Å². The van der Waals surface area contributed by atoms with Crippen LogP contribution in [0, 0.1) is 11.3 Å². The maximum absolute atomic E-state index is 11.9. The van der Waals surface area contributed by atoms with Gasteiger partial charge in [0.05, 0.1) is 18.2 Å². The SMILES string of the molecule is CS(=O)(=O)c1cc(=O)[nH]c(=O)n1Cc1ccccc1C#N. The molecule has 0 fully saturated rings. The summed E-state index contributed by atoms with van der Waals surface area (Å²) >= 11 is 0. The van der Waals surface area contributed by atoms with Crippen LogP contribution in [-0.2, 0) is 16.4 Å². The molecule has 0 amide bonds. The van der Waals surface area contributed by atoms with Crippen molar-refractivity contribution in [2.24, 2.45) is 0 Å². The van der Waals surface area contributed by atoms with E-state index >= 15 is 0 Å². The second kappa shape index (κ2) is 5.38. The summed E-state index contributed by atoms with van der Waals surface area (Å²) in [6.45, 7) is -0.123. The van der Waals surface area contributed by atoms with Gasteiger partial charge in [-0.15, -0.1) is 0 Å². The summed E-state index contributed by atoms with van der Waals surface area (Å²) in [7, 11) is -3.76. The predicted octanol–water partition coefficient (Wildman–Crippen LogP) is -0.140. The highest BCUT2D eigenvalue weighted by Gasteiger charge is 2.17. The Balaban J connectivity index is 2.69. The Labute approximate surface area is 120 Å². The third-order valence-electron chi connectivity index (χ3n) is 2.84. The van der Waals surface area contributed by atoms with Crippen molar-refractivity contribution in [3.8, 4) is 6.07 Å². The molecule has 8 heteroatoms. The van der Waals surface area contributed by atoms with Crippen LogP contribution in [0.25, 0.3) is 0 Å². The number of sulfone groups is 1. The van der Waals surface area contributed by atoms with Crippen molar-refractivity contribution in [3.63, 3.8) is 0 Å². The number of nitriles is 1. The number of aromatic amines is 1. The zero-order valence-electron chi connectivity index (χ0n) is 11.0. The molecule has 2 aromatic rings. The average Bonchev–Trinajstić information content (AvgIpc) is 2.40. The summed E-state index contributed by atoms with van der Waals surface area (Å²) in [6.07, 6.45) is 0.911. The topological polar surface area (TPSA) is 113 Å². The molecule has 0 atom stereocenters. The largest absolute Gasteiger partial charge is 0.329 e. The smallest absolute Gasteiger partial charge is 0.279 e. The monoisotopic (exact) mass is 305 g/mol. The van der Waals surface area contributed by atoms with Gasteiger partial charge in [-0.25, -0.2) is 13.2 Å². The quantitative estimate of drug-likeness (QED) is 0.793. The van der Waals surface area contributed by atoms with Crippen LogP contribution in [-0.4, -0.2) is 24.2 Å². The highest BCUT2D eigenvalue weighted by Crippen LogP contribution is 2.11. The fourth-order valence-electron chi connectivity index (χ4n) is 1.89. The zero-order valence-corrected chi connectivity index (χ0v) is 11.8. The Hall–Kier alpha value is -2.66. The Morgan fingerprint density at radius 2 is 1.95 bits per heavy atom. The lowest BCUT2D eigenvalue weighted by Gasteiger charge is -2.11. The van der Waals surface area contributed by atoms with Crippen molar-refractivity contribution in [2.75, 3.05) is 6.26 Å². The summed E-state index contributed by atoms with van der Waals surface area (Å²) < 4.78 is 24.4. The van der Waals surface area contributed by atoms with Gasteiger partial charge < -0.3 is 0 Å². The van der Waals surface area contributed by atoms with E-state index < -0.39 is 21.1 Å². The van der Waals surface area contributed by atoms with Gasteiger partial charge in [-0.3, -0.25) is 14.3 Å². The molecule has 0 radical (unpaired) electrons. The lowest BCUT2D eigenvalue weighted by molar-refractivity contribution is 0.571. The van der Waals surface area contributed by atoms with Gasteiger partial charge in [-0.05, 0) is 11.6 Å². The second-order valence-electron chi connectivity index (χ2n) is 4.40. The predicted molar refractivity (Wildman–Crippen MR) is 74.7 cm³/mol. The average molecular weight is 305 g/mol. The van der Waals surface area contributed by atoms with Gasteiger partial charge in [0.2, 0.25) is 0 Å². The van der Waals surface area contributed by atoms with Gasteiger partial charge in [-0.2, -0.15) is 5.26 Å². The first kappa shape index (κ1) is 14.7. The standard InChI is InChI=1S/C13H11N3O4S/c1-21(19,20)12-6-11(17)15-13(18)16(12)8-10-5-3-2-4-9(10)7-14/h2-6H,8H2,1H3,(H,15,17,18). The number of benzene rings is 1. The molecule has 0 spiro atoms.